The molecule has 164 valence electrons. The lowest BCUT2D eigenvalue weighted by Gasteiger charge is -2.36. The van der Waals surface area contributed by atoms with E-state index in [4.69, 9.17) is 0 Å². The first-order valence-electron chi connectivity index (χ1n) is 10.4. The number of carbonyl (C=O) groups is 1. The molecular formula is C26H26N2O4. The van der Waals surface area contributed by atoms with Crippen LogP contribution in [0.25, 0.3) is 23.1 Å². The molecule has 0 saturated heterocycles. The fraction of sp³-hybridized carbons (Fsp3) is 0.192. The number of phenols is 3. The van der Waals surface area contributed by atoms with E-state index in [1.807, 2.05) is 38.3 Å². The zero-order valence-corrected chi connectivity index (χ0v) is 18.5. The first-order valence-corrected chi connectivity index (χ1v) is 10.4. The van der Waals surface area contributed by atoms with Gasteiger partial charge >= 0.3 is 0 Å². The standard InChI is InChI=1S/C26H26N2O4/c1-5-18(8-6-16(2)29)26(3)15-23-20(12-17-7-11-24(31)25(32)13-17)21-14-19(30)9-10-22(21)28(23)27(26)4/h5-15,30-32H,1-4H3/b8-6-,18-5?,20-12?. The quantitative estimate of drug-likeness (QED) is 0.337. The van der Waals surface area contributed by atoms with Gasteiger partial charge in [0.15, 0.2) is 17.3 Å². The third kappa shape index (κ3) is 3.34. The second-order valence-corrected chi connectivity index (χ2v) is 8.21. The maximum Gasteiger partial charge on any atom is 0.157 e. The zero-order valence-electron chi connectivity index (χ0n) is 18.5. The number of aromatic nitrogens is 1. The van der Waals surface area contributed by atoms with Crippen LogP contribution in [0.4, 0.5) is 0 Å². The second-order valence-electron chi connectivity index (χ2n) is 8.21. The molecule has 2 heterocycles. The summed E-state index contributed by atoms with van der Waals surface area (Å²) in [6.45, 7) is 5.56. The molecular weight excluding hydrogens is 404 g/mol. The molecule has 2 aromatic carbocycles. The molecule has 0 radical (unpaired) electrons. The minimum atomic E-state index is -0.512. The molecule has 0 spiro atoms. The number of likely N-dealkylation sites (N-methyl/N-ethyl adjacent to an activating group) is 1. The monoisotopic (exact) mass is 430 g/mol. The van der Waals surface area contributed by atoms with Crippen LogP contribution in [0.2, 0.25) is 0 Å². The molecule has 3 N–H and O–H groups in total. The lowest BCUT2D eigenvalue weighted by Crippen LogP contribution is -2.47. The summed E-state index contributed by atoms with van der Waals surface area (Å²) in [4.78, 5) is 11.5. The van der Waals surface area contributed by atoms with E-state index in [1.165, 1.54) is 19.1 Å². The molecule has 0 saturated carbocycles. The van der Waals surface area contributed by atoms with Crippen molar-refractivity contribution in [1.82, 2.24) is 4.68 Å². The van der Waals surface area contributed by atoms with Crippen LogP contribution in [-0.2, 0) is 4.79 Å². The Bertz CT molecular complexity index is 1430. The number of hydrogen-bond donors (Lipinski definition) is 3. The van der Waals surface area contributed by atoms with Crippen molar-refractivity contribution in [2.45, 2.75) is 26.3 Å². The van der Waals surface area contributed by atoms with Crippen LogP contribution < -0.4 is 15.6 Å². The van der Waals surface area contributed by atoms with Crippen LogP contribution in [0.3, 0.4) is 0 Å². The highest BCUT2D eigenvalue weighted by Crippen LogP contribution is 2.31. The molecule has 3 aromatic rings. The Balaban J connectivity index is 2.04. The van der Waals surface area contributed by atoms with Gasteiger partial charge in [0, 0.05) is 17.7 Å². The van der Waals surface area contributed by atoms with Gasteiger partial charge in [-0.3, -0.25) is 9.47 Å². The van der Waals surface area contributed by atoms with Crippen molar-refractivity contribution in [3.63, 3.8) is 0 Å². The molecule has 1 aliphatic heterocycles. The average molecular weight is 431 g/mol. The van der Waals surface area contributed by atoms with Crippen LogP contribution in [0, 0.1) is 0 Å². The third-order valence-corrected chi connectivity index (χ3v) is 6.10. The van der Waals surface area contributed by atoms with Gasteiger partial charge in [0.2, 0.25) is 0 Å². The Kier molecular flexibility index (Phi) is 5.09. The molecule has 1 aromatic heterocycles. The van der Waals surface area contributed by atoms with Crippen molar-refractivity contribution in [3.05, 3.63) is 76.3 Å². The number of ketones is 1. The summed E-state index contributed by atoms with van der Waals surface area (Å²) < 4.78 is 2.09. The maximum absolute atomic E-state index is 11.5. The number of allylic oxidation sites excluding steroid dienone is 2. The van der Waals surface area contributed by atoms with Gasteiger partial charge in [0.25, 0.3) is 0 Å². The Morgan fingerprint density at radius 1 is 1.03 bits per heavy atom. The molecule has 0 bridgehead atoms. The molecule has 32 heavy (non-hydrogen) atoms. The van der Waals surface area contributed by atoms with Gasteiger partial charge in [-0.2, -0.15) is 0 Å². The molecule has 1 unspecified atom stereocenters. The predicted molar refractivity (Wildman–Crippen MR) is 127 cm³/mol. The third-order valence-electron chi connectivity index (χ3n) is 6.10. The molecule has 0 aliphatic carbocycles. The number of benzene rings is 2. The van der Waals surface area contributed by atoms with Gasteiger partial charge in [-0.1, -0.05) is 18.2 Å². The van der Waals surface area contributed by atoms with Crippen molar-refractivity contribution in [2.24, 2.45) is 0 Å². The van der Waals surface area contributed by atoms with Crippen LogP contribution in [0.15, 0.2) is 60.2 Å². The lowest BCUT2D eigenvalue weighted by molar-refractivity contribution is -0.112. The minimum Gasteiger partial charge on any atom is -0.508 e. The smallest absolute Gasteiger partial charge is 0.157 e. The Morgan fingerprint density at radius 2 is 1.78 bits per heavy atom. The number of nitrogens with zero attached hydrogens (tertiary/aromatic N) is 2. The van der Waals surface area contributed by atoms with Gasteiger partial charge in [-0.05, 0) is 80.5 Å². The van der Waals surface area contributed by atoms with E-state index in [0.717, 1.165) is 27.0 Å². The normalized spacial score (nSPS) is 19.1. The van der Waals surface area contributed by atoms with Crippen molar-refractivity contribution in [3.8, 4) is 17.2 Å². The van der Waals surface area contributed by atoms with Gasteiger partial charge in [-0.25, -0.2) is 0 Å². The molecule has 4 rings (SSSR count). The molecule has 6 heteroatoms. The van der Waals surface area contributed by atoms with E-state index in [-0.39, 0.29) is 23.0 Å². The van der Waals surface area contributed by atoms with E-state index in [2.05, 4.69) is 22.7 Å². The Labute approximate surface area is 185 Å². The van der Waals surface area contributed by atoms with Gasteiger partial charge < -0.3 is 20.3 Å². The van der Waals surface area contributed by atoms with E-state index in [1.54, 1.807) is 24.3 Å². The highest BCUT2D eigenvalue weighted by atomic mass is 16.3. The molecule has 0 fully saturated rings. The Morgan fingerprint density at radius 3 is 2.44 bits per heavy atom. The lowest BCUT2D eigenvalue weighted by atomic mass is 9.90. The molecule has 0 amide bonds. The number of carbonyl (C=O) groups excluding carboxylic acids is 1. The number of phenolic OH excluding ortho intramolecular Hbond substituents is 3. The summed E-state index contributed by atoms with van der Waals surface area (Å²) in [7, 11) is 1.99. The molecule has 1 aliphatic rings. The van der Waals surface area contributed by atoms with Gasteiger partial charge in [0.1, 0.15) is 5.75 Å². The second kappa shape index (κ2) is 7.64. The van der Waals surface area contributed by atoms with Crippen molar-refractivity contribution < 1.29 is 20.1 Å². The minimum absolute atomic E-state index is 0.0182. The first-order chi connectivity index (χ1) is 15.2. The Hall–Kier alpha value is -3.93. The summed E-state index contributed by atoms with van der Waals surface area (Å²) in [6, 6.07) is 9.91. The van der Waals surface area contributed by atoms with Crippen LogP contribution in [0.5, 0.6) is 17.2 Å². The predicted octanol–water partition coefficient (Wildman–Crippen LogP) is 2.80. The number of aromatic hydroxyl groups is 3. The number of rotatable bonds is 4. The van der Waals surface area contributed by atoms with E-state index < -0.39 is 5.54 Å². The summed E-state index contributed by atoms with van der Waals surface area (Å²) in [5.74, 6) is -0.233. The fourth-order valence-electron chi connectivity index (χ4n) is 4.32. The van der Waals surface area contributed by atoms with E-state index >= 15 is 0 Å². The summed E-state index contributed by atoms with van der Waals surface area (Å²) in [5.41, 5.74) is 2.09. The van der Waals surface area contributed by atoms with Crippen molar-refractivity contribution >= 4 is 28.8 Å². The fourth-order valence-corrected chi connectivity index (χ4v) is 4.32. The van der Waals surface area contributed by atoms with Gasteiger partial charge in [-0.15, -0.1) is 0 Å². The molecule has 6 nitrogen and oxygen atoms in total. The summed E-state index contributed by atoms with van der Waals surface area (Å²) >= 11 is 0. The topological polar surface area (TPSA) is 85.9 Å². The summed E-state index contributed by atoms with van der Waals surface area (Å²) in [6.07, 6.45) is 9.46. The highest BCUT2D eigenvalue weighted by Gasteiger charge is 2.36. The van der Waals surface area contributed by atoms with Crippen LogP contribution in [0.1, 0.15) is 26.3 Å². The highest BCUT2D eigenvalue weighted by molar-refractivity contribution is 5.89. The average Bonchev–Trinajstić information content (AvgIpc) is 3.16. The van der Waals surface area contributed by atoms with Gasteiger partial charge in [0.05, 0.1) is 16.4 Å². The largest absolute Gasteiger partial charge is 0.508 e. The van der Waals surface area contributed by atoms with E-state index in [9.17, 15) is 20.1 Å². The number of hydrogen-bond acceptors (Lipinski definition) is 5. The summed E-state index contributed by atoms with van der Waals surface area (Å²) in [5, 5.41) is 34.5. The van der Waals surface area contributed by atoms with Crippen LogP contribution in [-0.4, -0.2) is 38.4 Å². The first kappa shape index (κ1) is 21.3. The van der Waals surface area contributed by atoms with Crippen LogP contribution >= 0.6 is 0 Å². The number of fused-ring (bicyclic) bond motifs is 3. The SMILES string of the molecule is CC=C(/C=C\C(C)=O)C1(C)C=c2c(=Cc3ccc(O)c(O)c3)c3cc(O)ccc3n2N1C. The van der Waals surface area contributed by atoms with Crippen molar-refractivity contribution in [1.29, 1.82) is 0 Å². The molecule has 1 atom stereocenters. The zero-order chi connectivity index (χ0) is 23.2. The maximum atomic E-state index is 11.5. The van der Waals surface area contributed by atoms with E-state index in [0.29, 0.717) is 5.56 Å². The van der Waals surface area contributed by atoms with Crippen molar-refractivity contribution in [2.75, 3.05) is 12.1 Å².